The zero-order valence-corrected chi connectivity index (χ0v) is 13.6. The number of anilines is 1. The molecule has 1 aliphatic rings. The molecule has 0 radical (unpaired) electrons. The van der Waals surface area contributed by atoms with Crippen LogP contribution in [0.3, 0.4) is 0 Å². The summed E-state index contributed by atoms with van der Waals surface area (Å²) in [5.41, 5.74) is 7.20. The van der Waals surface area contributed by atoms with Gasteiger partial charge < -0.3 is 16.4 Å². The van der Waals surface area contributed by atoms with Gasteiger partial charge in [0.1, 0.15) is 0 Å². The Labute approximate surface area is 145 Å². The van der Waals surface area contributed by atoms with E-state index in [4.69, 9.17) is 5.73 Å². The van der Waals surface area contributed by atoms with Crippen LogP contribution in [-0.2, 0) is 9.59 Å². The lowest BCUT2D eigenvalue weighted by Crippen LogP contribution is -2.33. The van der Waals surface area contributed by atoms with Crippen molar-refractivity contribution in [2.24, 2.45) is 11.7 Å². The summed E-state index contributed by atoms with van der Waals surface area (Å²) in [7, 11) is 0. The van der Waals surface area contributed by atoms with Crippen molar-refractivity contribution in [3.05, 3.63) is 65.7 Å². The highest BCUT2D eigenvalue weighted by Gasteiger charge is 2.43. The molecule has 2 atom stereocenters. The van der Waals surface area contributed by atoms with E-state index >= 15 is 0 Å². The second-order valence-corrected chi connectivity index (χ2v) is 6.07. The molecule has 128 valence electrons. The van der Waals surface area contributed by atoms with Crippen LogP contribution in [0.25, 0.3) is 0 Å². The maximum atomic E-state index is 12.3. The first kappa shape index (κ1) is 16.7. The Kier molecular flexibility index (Phi) is 4.79. The maximum absolute atomic E-state index is 12.3. The van der Waals surface area contributed by atoms with Gasteiger partial charge in [0.05, 0.1) is 6.54 Å². The average Bonchev–Trinajstić information content (AvgIpc) is 3.42. The largest absolute Gasteiger partial charge is 0.368 e. The Balaban J connectivity index is 1.54. The van der Waals surface area contributed by atoms with Crippen LogP contribution in [0.5, 0.6) is 0 Å². The van der Waals surface area contributed by atoms with Gasteiger partial charge in [0.2, 0.25) is 11.8 Å². The molecule has 3 rings (SSSR count). The van der Waals surface area contributed by atoms with E-state index < -0.39 is 5.91 Å². The fourth-order valence-corrected chi connectivity index (χ4v) is 2.76. The molecule has 1 aliphatic carbocycles. The van der Waals surface area contributed by atoms with Gasteiger partial charge >= 0.3 is 0 Å². The van der Waals surface area contributed by atoms with Gasteiger partial charge in [-0.15, -0.1) is 0 Å². The third kappa shape index (κ3) is 4.23. The highest BCUT2D eigenvalue weighted by atomic mass is 16.2. The van der Waals surface area contributed by atoms with Crippen LogP contribution in [0.4, 0.5) is 5.69 Å². The number of nitrogens with two attached hydrogens (primary N) is 1. The normalized spacial score (nSPS) is 18.2. The molecule has 0 saturated heterocycles. The van der Waals surface area contributed by atoms with Crippen molar-refractivity contribution in [1.82, 2.24) is 5.32 Å². The van der Waals surface area contributed by atoms with Gasteiger partial charge in [-0.25, -0.2) is 0 Å². The fraction of sp³-hybridized carbons (Fsp3) is 0.211. The van der Waals surface area contributed by atoms with Gasteiger partial charge in [-0.3, -0.25) is 14.4 Å². The van der Waals surface area contributed by atoms with Crippen LogP contribution >= 0.6 is 0 Å². The minimum Gasteiger partial charge on any atom is -0.368 e. The summed E-state index contributed by atoms with van der Waals surface area (Å²) in [5, 5.41) is 5.29. The zero-order valence-electron chi connectivity index (χ0n) is 13.6. The second kappa shape index (κ2) is 7.17. The molecule has 6 nitrogen and oxygen atoms in total. The third-order valence-electron chi connectivity index (χ3n) is 4.19. The number of rotatable bonds is 6. The molecule has 6 heteroatoms. The molecule has 3 amide bonds. The van der Waals surface area contributed by atoms with E-state index in [0.717, 1.165) is 6.42 Å². The number of nitrogens with one attached hydrogen (secondary N) is 2. The van der Waals surface area contributed by atoms with Crippen molar-refractivity contribution >= 4 is 23.4 Å². The van der Waals surface area contributed by atoms with Crippen molar-refractivity contribution in [2.75, 3.05) is 11.9 Å². The number of primary amides is 1. The van der Waals surface area contributed by atoms with Gasteiger partial charge in [-0.1, -0.05) is 30.3 Å². The molecule has 0 aliphatic heterocycles. The summed E-state index contributed by atoms with van der Waals surface area (Å²) in [6, 6.07) is 16.5. The molecule has 0 heterocycles. The quantitative estimate of drug-likeness (QED) is 0.747. The van der Waals surface area contributed by atoms with Gasteiger partial charge in [-0.05, 0) is 42.2 Å². The summed E-state index contributed by atoms with van der Waals surface area (Å²) in [6.07, 6.45) is 0.851. The molecular formula is C19H19N3O3. The first-order valence-electron chi connectivity index (χ1n) is 8.07. The Morgan fingerprint density at radius 2 is 1.68 bits per heavy atom. The number of hydrogen-bond acceptors (Lipinski definition) is 3. The summed E-state index contributed by atoms with van der Waals surface area (Å²) >= 11 is 0. The van der Waals surface area contributed by atoms with Crippen LogP contribution in [-0.4, -0.2) is 24.3 Å². The minimum absolute atomic E-state index is 0.0130. The van der Waals surface area contributed by atoms with E-state index in [9.17, 15) is 14.4 Å². The van der Waals surface area contributed by atoms with Crippen molar-refractivity contribution in [3.8, 4) is 0 Å². The van der Waals surface area contributed by atoms with Crippen molar-refractivity contribution in [2.45, 2.75) is 12.3 Å². The molecule has 25 heavy (non-hydrogen) atoms. The van der Waals surface area contributed by atoms with E-state index in [0.29, 0.717) is 11.3 Å². The third-order valence-corrected chi connectivity index (χ3v) is 4.19. The number of amides is 3. The van der Waals surface area contributed by atoms with Crippen LogP contribution in [0, 0.1) is 5.92 Å². The monoisotopic (exact) mass is 337 g/mol. The average molecular weight is 337 g/mol. The molecule has 0 bridgehead atoms. The molecule has 0 spiro atoms. The highest BCUT2D eigenvalue weighted by molar-refractivity contribution is 5.98. The standard InChI is InChI=1S/C19H19N3O3/c20-17(23)11-21-18(24)13-6-8-14(9-7-13)22-19(25)16-10-15(16)12-4-2-1-3-5-12/h1-9,15-16H,10-11H2,(H2,20,23)(H,21,24)(H,22,25)/t15-,16-/m0/s1. The van der Waals surface area contributed by atoms with Gasteiger partial charge in [0.15, 0.2) is 0 Å². The number of hydrogen-bond donors (Lipinski definition) is 3. The SMILES string of the molecule is NC(=O)CNC(=O)c1ccc(NC(=O)[C@H]2C[C@H]2c2ccccc2)cc1. The van der Waals surface area contributed by atoms with Crippen molar-refractivity contribution in [1.29, 1.82) is 0 Å². The number of benzene rings is 2. The zero-order chi connectivity index (χ0) is 17.8. The number of carbonyl (C=O) groups excluding carboxylic acids is 3. The predicted molar refractivity (Wildman–Crippen MR) is 93.9 cm³/mol. The maximum Gasteiger partial charge on any atom is 0.251 e. The van der Waals surface area contributed by atoms with Gasteiger partial charge in [0, 0.05) is 17.2 Å². The Morgan fingerprint density at radius 3 is 2.32 bits per heavy atom. The Bertz CT molecular complexity index is 787. The van der Waals surface area contributed by atoms with Crippen molar-refractivity contribution in [3.63, 3.8) is 0 Å². The highest BCUT2D eigenvalue weighted by Crippen LogP contribution is 2.47. The van der Waals surface area contributed by atoms with Crippen LogP contribution in [0.2, 0.25) is 0 Å². The fourth-order valence-electron chi connectivity index (χ4n) is 2.76. The van der Waals surface area contributed by atoms with E-state index in [1.807, 2.05) is 30.3 Å². The first-order chi connectivity index (χ1) is 12.0. The second-order valence-electron chi connectivity index (χ2n) is 6.07. The first-order valence-corrected chi connectivity index (χ1v) is 8.07. The lowest BCUT2D eigenvalue weighted by molar-refractivity contribution is -0.118. The molecule has 0 unspecified atom stereocenters. The summed E-state index contributed by atoms with van der Waals surface area (Å²) < 4.78 is 0. The van der Waals surface area contributed by atoms with E-state index in [1.54, 1.807) is 24.3 Å². The minimum atomic E-state index is -0.602. The molecule has 1 fully saturated rings. The number of carbonyl (C=O) groups is 3. The molecule has 2 aromatic carbocycles. The van der Waals surface area contributed by atoms with Crippen LogP contribution < -0.4 is 16.4 Å². The Morgan fingerprint density at radius 1 is 1.00 bits per heavy atom. The molecule has 1 saturated carbocycles. The molecule has 4 N–H and O–H groups in total. The van der Waals surface area contributed by atoms with Crippen LogP contribution in [0.15, 0.2) is 54.6 Å². The molecular weight excluding hydrogens is 318 g/mol. The van der Waals surface area contributed by atoms with Crippen LogP contribution in [0.1, 0.15) is 28.3 Å². The molecule has 0 aromatic heterocycles. The predicted octanol–water partition coefficient (Wildman–Crippen LogP) is 1.64. The van der Waals surface area contributed by atoms with E-state index in [-0.39, 0.29) is 30.2 Å². The topological polar surface area (TPSA) is 101 Å². The van der Waals surface area contributed by atoms with Gasteiger partial charge in [0.25, 0.3) is 5.91 Å². The smallest absolute Gasteiger partial charge is 0.251 e. The molecule has 2 aromatic rings. The summed E-state index contributed by atoms with van der Waals surface area (Å²) in [4.78, 5) is 34.8. The van der Waals surface area contributed by atoms with Crippen molar-refractivity contribution < 1.29 is 14.4 Å². The lowest BCUT2D eigenvalue weighted by Gasteiger charge is -2.07. The van der Waals surface area contributed by atoms with E-state index in [1.165, 1.54) is 5.56 Å². The summed E-state index contributed by atoms with van der Waals surface area (Å²) in [5.74, 6) is -0.738. The lowest BCUT2D eigenvalue weighted by atomic mass is 10.1. The summed E-state index contributed by atoms with van der Waals surface area (Å²) in [6.45, 7) is -0.208. The van der Waals surface area contributed by atoms with Gasteiger partial charge in [-0.2, -0.15) is 0 Å². The van der Waals surface area contributed by atoms with E-state index in [2.05, 4.69) is 10.6 Å². The Hall–Kier alpha value is -3.15.